The fourth-order valence-electron chi connectivity index (χ4n) is 2.25. The Morgan fingerprint density at radius 3 is 2.94 bits per heavy atom. The molecular formula is C14H20N2O2. The van der Waals surface area contributed by atoms with Crippen molar-refractivity contribution < 1.29 is 9.90 Å². The molecule has 18 heavy (non-hydrogen) atoms. The zero-order chi connectivity index (χ0) is 13.1. The van der Waals surface area contributed by atoms with Crippen molar-refractivity contribution in [3.05, 3.63) is 29.3 Å². The van der Waals surface area contributed by atoms with Crippen LogP contribution in [0.15, 0.2) is 18.2 Å². The predicted octanol–water partition coefficient (Wildman–Crippen LogP) is 1.07. The SMILES string of the molecule is CC(O)CNCc1ccc2c(c1)CCC(=O)N2C. The summed E-state index contributed by atoms with van der Waals surface area (Å²) < 4.78 is 0. The lowest BCUT2D eigenvalue weighted by Crippen LogP contribution is -2.31. The van der Waals surface area contributed by atoms with Crippen LogP contribution >= 0.6 is 0 Å². The van der Waals surface area contributed by atoms with Gasteiger partial charge in [-0.3, -0.25) is 4.79 Å². The van der Waals surface area contributed by atoms with E-state index in [-0.39, 0.29) is 12.0 Å². The minimum Gasteiger partial charge on any atom is -0.392 e. The Kier molecular flexibility index (Phi) is 3.99. The number of aliphatic hydroxyl groups is 1. The molecule has 4 nitrogen and oxygen atoms in total. The van der Waals surface area contributed by atoms with E-state index in [2.05, 4.69) is 11.4 Å². The van der Waals surface area contributed by atoms with Gasteiger partial charge in [0, 0.05) is 32.2 Å². The molecule has 0 aromatic heterocycles. The summed E-state index contributed by atoms with van der Waals surface area (Å²) in [6.07, 6.45) is 1.09. The summed E-state index contributed by atoms with van der Waals surface area (Å²) in [4.78, 5) is 13.3. The van der Waals surface area contributed by atoms with Gasteiger partial charge < -0.3 is 15.3 Å². The smallest absolute Gasteiger partial charge is 0.227 e. The van der Waals surface area contributed by atoms with Crippen LogP contribution in [0.4, 0.5) is 5.69 Å². The van der Waals surface area contributed by atoms with Gasteiger partial charge in [-0.15, -0.1) is 0 Å². The van der Waals surface area contributed by atoms with Gasteiger partial charge in [0.1, 0.15) is 0 Å². The fraction of sp³-hybridized carbons (Fsp3) is 0.500. The highest BCUT2D eigenvalue weighted by Gasteiger charge is 2.20. The van der Waals surface area contributed by atoms with Crippen molar-refractivity contribution in [2.45, 2.75) is 32.4 Å². The number of fused-ring (bicyclic) bond motifs is 1. The zero-order valence-electron chi connectivity index (χ0n) is 10.9. The largest absolute Gasteiger partial charge is 0.392 e. The maximum atomic E-state index is 11.6. The van der Waals surface area contributed by atoms with E-state index in [4.69, 9.17) is 0 Å². The zero-order valence-corrected chi connectivity index (χ0v) is 10.9. The van der Waals surface area contributed by atoms with E-state index in [0.717, 1.165) is 18.7 Å². The maximum absolute atomic E-state index is 11.6. The summed E-state index contributed by atoms with van der Waals surface area (Å²) in [5.41, 5.74) is 3.44. The molecule has 1 aromatic carbocycles. The Morgan fingerprint density at radius 2 is 2.22 bits per heavy atom. The Bertz CT molecular complexity index is 443. The minimum atomic E-state index is -0.327. The van der Waals surface area contributed by atoms with E-state index in [1.165, 1.54) is 11.1 Å². The summed E-state index contributed by atoms with van der Waals surface area (Å²) in [6, 6.07) is 6.18. The molecule has 1 aliphatic heterocycles. The molecule has 0 fully saturated rings. The van der Waals surface area contributed by atoms with Crippen LogP contribution in [0.3, 0.4) is 0 Å². The Morgan fingerprint density at radius 1 is 1.44 bits per heavy atom. The molecule has 1 aromatic rings. The highest BCUT2D eigenvalue weighted by atomic mass is 16.3. The Labute approximate surface area is 108 Å². The van der Waals surface area contributed by atoms with Crippen LogP contribution in [0.2, 0.25) is 0 Å². The molecule has 1 unspecified atom stereocenters. The third-order valence-corrected chi connectivity index (χ3v) is 3.26. The van der Waals surface area contributed by atoms with Crippen LogP contribution in [0.25, 0.3) is 0 Å². The molecule has 0 saturated heterocycles. The monoisotopic (exact) mass is 248 g/mol. The number of nitrogens with zero attached hydrogens (tertiary/aromatic N) is 1. The lowest BCUT2D eigenvalue weighted by atomic mass is 9.99. The van der Waals surface area contributed by atoms with Gasteiger partial charge in [-0.1, -0.05) is 12.1 Å². The van der Waals surface area contributed by atoms with Gasteiger partial charge in [-0.25, -0.2) is 0 Å². The third-order valence-electron chi connectivity index (χ3n) is 3.26. The van der Waals surface area contributed by atoms with Gasteiger partial charge in [-0.2, -0.15) is 0 Å². The molecule has 4 heteroatoms. The summed E-state index contributed by atoms with van der Waals surface area (Å²) >= 11 is 0. The van der Waals surface area contributed by atoms with E-state index in [9.17, 15) is 9.90 Å². The van der Waals surface area contributed by atoms with Crippen LogP contribution in [0.1, 0.15) is 24.5 Å². The number of amides is 1. The van der Waals surface area contributed by atoms with Crippen molar-refractivity contribution in [3.8, 4) is 0 Å². The van der Waals surface area contributed by atoms with Crippen LogP contribution in [0.5, 0.6) is 0 Å². The first-order chi connectivity index (χ1) is 8.58. The molecule has 1 aliphatic rings. The molecule has 0 saturated carbocycles. The summed E-state index contributed by atoms with van der Waals surface area (Å²) in [6.45, 7) is 3.10. The topological polar surface area (TPSA) is 52.6 Å². The molecule has 2 N–H and O–H groups in total. The second-order valence-electron chi connectivity index (χ2n) is 4.90. The van der Waals surface area contributed by atoms with Crippen molar-refractivity contribution in [2.24, 2.45) is 0 Å². The molecule has 2 rings (SSSR count). The average molecular weight is 248 g/mol. The van der Waals surface area contributed by atoms with E-state index < -0.39 is 0 Å². The summed E-state index contributed by atoms with van der Waals surface area (Å²) in [5, 5.41) is 12.4. The van der Waals surface area contributed by atoms with Crippen molar-refractivity contribution in [1.82, 2.24) is 5.32 Å². The fourth-order valence-corrected chi connectivity index (χ4v) is 2.25. The average Bonchev–Trinajstić information content (AvgIpc) is 2.33. The van der Waals surface area contributed by atoms with Crippen LogP contribution < -0.4 is 10.2 Å². The number of anilines is 1. The minimum absolute atomic E-state index is 0.183. The molecule has 1 heterocycles. The molecule has 0 radical (unpaired) electrons. The first-order valence-electron chi connectivity index (χ1n) is 6.35. The third kappa shape index (κ3) is 2.89. The number of hydrogen-bond acceptors (Lipinski definition) is 3. The molecule has 0 spiro atoms. The molecular weight excluding hydrogens is 228 g/mol. The first kappa shape index (κ1) is 13.1. The van der Waals surface area contributed by atoms with Crippen molar-refractivity contribution in [2.75, 3.05) is 18.5 Å². The standard InChI is InChI=1S/C14H20N2O2/c1-10(17)8-15-9-11-3-5-13-12(7-11)4-6-14(18)16(13)2/h3,5,7,10,15,17H,4,6,8-9H2,1-2H3. The maximum Gasteiger partial charge on any atom is 0.227 e. The quantitative estimate of drug-likeness (QED) is 0.838. The van der Waals surface area contributed by atoms with Crippen molar-refractivity contribution >= 4 is 11.6 Å². The van der Waals surface area contributed by atoms with Gasteiger partial charge in [-0.05, 0) is 30.5 Å². The molecule has 98 valence electrons. The van der Waals surface area contributed by atoms with Gasteiger partial charge >= 0.3 is 0 Å². The number of aryl methyl sites for hydroxylation is 1. The predicted molar refractivity (Wildman–Crippen MR) is 71.6 cm³/mol. The summed E-state index contributed by atoms with van der Waals surface area (Å²) in [7, 11) is 1.83. The van der Waals surface area contributed by atoms with Crippen LogP contribution in [0, 0.1) is 0 Å². The number of nitrogens with one attached hydrogen (secondary N) is 1. The van der Waals surface area contributed by atoms with Gasteiger partial charge in [0.15, 0.2) is 0 Å². The lowest BCUT2D eigenvalue weighted by Gasteiger charge is -2.26. The lowest BCUT2D eigenvalue weighted by molar-refractivity contribution is -0.118. The van der Waals surface area contributed by atoms with Gasteiger partial charge in [0.25, 0.3) is 0 Å². The number of aliphatic hydroxyl groups excluding tert-OH is 1. The van der Waals surface area contributed by atoms with Crippen molar-refractivity contribution in [1.29, 1.82) is 0 Å². The Balaban J connectivity index is 2.06. The highest BCUT2D eigenvalue weighted by molar-refractivity contribution is 5.95. The first-order valence-corrected chi connectivity index (χ1v) is 6.35. The molecule has 1 amide bonds. The number of hydrogen-bond donors (Lipinski definition) is 2. The molecule has 0 bridgehead atoms. The van der Waals surface area contributed by atoms with E-state index >= 15 is 0 Å². The van der Waals surface area contributed by atoms with E-state index in [1.54, 1.807) is 11.8 Å². The second kappa shape index (κ2) is 5.50. The van der Waals surface area contributed by atoms with Crippen LogP contribution in [-0.4, -0.2) is 30.7 Å². The normalized spacial score (nSPS) is 16.6. The molecule has 0 aliphatic carbocycles. The number of carbonyl (C=O) groups is 1. The van der Waals surface area contributed by atoms with Crippen molar-refractivity contribution in [3.63, 3.8) is 0 Å². The number of benzene rings is 1. The number of rotatable bonds is 4. The highest BCUT2D eigenvalue weighted by Crippen LogP contribution is 2.27. The molecule has 1 atom stereocenters. The van der Waals surface area contributed by atoms with Gasteiger partial charge in [0.05, 0.1) is 6.10 Å². The Hall–Kier alpha value is -1.39. The van der Waals surface area contributed by atoms with E-state index in [1.807, 2.05) is 19.2 Å². The number of carbonyl (C=O) groups excluding carboxylic acids is 1. The van der Waals surface area contributed by atoms with Crippen LogP contribution in [-0.2, 0) is 17.8 Å². The van der Waals surface area contributed by atoms with Gasteiger partial charge in [0.2, 0.25) is 5.91 Å². The summed E-state index contributed by atoms with van der Waals surface area (Å²) in [5.74, 6) is 0.183. The second-order valence-corrected chi connectivity index (χ2v) is 4.90. The van der Waals surface area contributed by atoms with E-state index in [0.29, 0.717) is 13.0 Å².